The summed E-state index contributed by atoms with van der Waals surface area (Å²) in [7, 11) is 1.87. The van der Waals surface area contributed by atoms with E-state index in [4.69, 9.17) is 0 Å². The SMILES string of the molecule is CCc1cc(NC)nc(Cc2nc3ccccc3[nH]2)n1. The minimum Gasteiger partial charge on any atom is -0.373 e. The first-order valence-electron chi connectivity index (χ1n) is 6.76. The zero-order chi connectivity index (χ0) is 13.9. The Hall–Kier alpha value is -2.43. The van der Waals surface area contributed by atoms with Gasteiger partial charge in [-0.25, -0.2) is 15.0 Å². The zero-order valence-corrected chi connectivity index (χ0v) is 11.6. The number of imidazole rings is 1. The molecule has 5 nitrogen and oxygen atoms in total. The van der Waals surface area contributed by atoms with Crippen LogP contribution in [0.2, 0.25) is 0 Å². The number of hydrogen-bond acceptors (Lipinski definition) is 4. The van der Waals surface area contributed by atoms with Gasteiger partial charge >= 0.3 is 0 Å². The van der Waals surface area contributed by atoms with Crippen molar-refractivity contribution in [3.05, 3.63) is 47.7 Å². The Kier molecular flexibility index (Phi) is 3.33. The number of nitrogens with zero attached hydrogens (tertiary/aromatic N) is 3. The fourth-order valence-corrected chi connectivity index (χ4v) is 2.18. The van der Waals surface area contributed by atoms with Crippen LogP contribution in [-0.2, 0) is 12.8 Å². The maximum absolute atomic E-state index is 4.56. The highest BCUT2D eigenvalue weighted by molar-refractivity contribution is 5.74. The molecule has 5 heteroatoms. The molecule has 20 heavy (non-hydrogen) atoms. The molecule has 0 saturated carbocycles. The highest BCUT2D eigenvalue weighted by Gasteiger charge is 2.07. The van der Waals surface area contributed by atoms with Crippen molar-refractivity contribution in [2.75, 3.05) is 12.4 Å². The summed E-state index contributed by atoms with van der Waals surface area (Å²) in [6.45, 7) is 2.09. The topological polar surface area (TPSA) is 66.5 Å². The first-order chi connectivity index (χ1) is 9.78. The monoisotopic (exact) mass is 267 g/mol. The average molecular weight is 267 g/mol. The van der Waals surface area contributed by atoms with Gasteiger partial charge in [0.15, 0.2) is 0 Å². The summed E-state index contributed by atoms with van der Waals surface area (Å²) < 4.78 is 0. The molecule has 0 unspecified atom stereocenters. The lowest BCUT2D eigenvalue weighted by atomic mass is 10.3. The minimum atomic E-state index is 0.608. The number of benzene rings is 1. The predicted molar refractivity (Wildman–Crippen MR) is 79.9 cm³/mol. The Morgan fingerprint density at radius 1 is 1.15 bits per heavy atom. The molecule has 2 N–H and O–H groups in total. The van der Waals surface area contributed by atoms with Gasteiger partial charge in [-0.1, -0.05) is 19.1 Å². The number of fused-ring (bicyclic) bond motifs is 1. The smallest absolute Gasteiger partial charge is 0.138 e. The van der Waals surface area contributed by atoms with Crippen molar-refractivity contribution in [1.82, 2.24) is 19.9 Å². The summed E-state index contributed by atoms with van der Waals surface area (Å²) >= 11 is 0. The summed E-state index contributed by atoms with van der Waals surface area (Å²) in [6.07, 6.45) is 1.50. The van der Waals surface area contributed by atoms with Crippen LogP contribution in [0.15, 0.2) is 30.3 Å². The van der Waals surface area contributed by atoms with Crippen LogP contribution in [0.5, 0.6) is 0 Å². The van der Waals surface area contributed by atoms with Crippen LogP contribution >= 0.6 is 0 Å². The number of hydrogen-bond donors (Lipinski definition) is 2. The van der Waals surface area contributed by atoms with Crippen LogP contribution in [0.1, 0.15) is 24.3 Å². The number of aryl methyl sites for hydroxylation is 1. The average Bonchev–Trinajstić information content (AvgIpc) is 2.88. The second-order valence-corrected chi connectivity index (χ2v) is 4.64. The molecule has 0 bridgehead atoms. The first-order valence-corrected chi connectivity index (χ1v) is 6.76. The fourth-order valence-electron chi connectivity index (χ4n) is 2.18. The van der Waals surface area contributed by atoms with Gasteiger partial charge in [-0.05, 0) is 18.6 Å². The minimum absolute atomic E-state index is 0.608. The third-order valence-electron chi connectivity index (χ3n) is 3.21. The highest BCUT2D eigenvalue weighted by Crippen LogP contribution is 2.13. The van der Waals surface area contributed by atoms with E-state index in [2.05, 4.69) is 32.2 Å². The second-order valence-electron chi connectivity index (χ2n) is 4.64. The van der Waals surface area contributed by atoms with E-state index in [-0.39, 0.29) is 0 Å². The van der Waals surface area contributed by atoms with Crippen LogP contribution in [0, 0.1) is 0 Å². The zero-order valence-electron chi connectivity index (χ0n) is 11.6. The lowest BCUT2D eigenvalue weighted by Crippen LogP contribution is -2.04. The quantitative estimate of drug-likeness (QED) is 0.762. The molecule has 0 radical (unpaired) electrons. The molecule has 2 heterocycles. The maximum atomic E-state index is 4.56. The highest BCUT2D eigenvalue weighted by atomic mass is 15.0. The van der Waals surface area contributed by atoms with Gasteiger partial charge in [0.25, 0.3) is 0 Å². The molecule has 0 amide bonds. The molecular formula is C15H17N5. The number of rotatable bonds is 4. The van der Waals surface area contributed by atoms with E-state index in [1.165, 1.54) is 0 Å². The molecule has 0 atom stereocenters. The number of nitrogens with one attached hydrogen (secondary N) is 2. The third kappa shape index (κ3) is 2.47. The van der Waals surface area contributed by atoms with E-state index in [0.29, 0.717) is 6.42 Å². The molecule has 0 aliphatic heterocycles. The van der Waals surface area contributed by atoms with E-state index in [1.807, 2.05) is 37.4 Å². The van der Waals surface area contributed by atoms with Gasteiger partial charge < -0.3 is 10.3 Å². The molecule has 0 saturated heterocycles. The van der Waals surface area contributed by atoms with E-state index in [9.17, 15) is 0 Å². The van der Waals surface area contributed by atoms with Crippen molar-refractivity contribution in [2.45, 2.75) is 19.8 Å². The molecule has 3 aromatic rings. The number of anilines is 1. The van der Waals surface area contributed by atoms with Crippen LogP contribution in [0.25, 0.3) is 11.0 Å². The van der Waals surface area contributed by atoms with Crippen molar-refractivity contribution < 1.29 is 0 Å². The molecule has 2 aromatic heterocycles. The van der Waals surface area contributed by atoms with Gasteiger partial charge in [0.05, 0.1) is 17.5 Å². The van der Waals surface area contributed by atoms with Crippen LogP contribution in [0.4, 0.5) is 5.82 Å². The van der Waals surface area contributed by atoms with Gasteiger partial charge in [-0.15, -0.1) is 0 Å². The standard InChI is InChI=1S/C15H17N5/c1-3-10-8-13(16-2)20-14(17-10)9-15-18-11-6-4-5-7-12(11)19-15/h4-8H,3,9H2,1-2H3,(H,18,19)(H,16,17,20). The number of H-pyrrole nitrogens is 1. The van der Waals surface area contributed by atoms with Crippen molar-refractivity contribution in [3.8, 4) is 0 Å². The molecule has 1 aromatic carbocycles. The summed E-state index contributed by atoms with van der Waals surface area (Å²) in [5.41, 5.74) is 3.06. The Labute approximate surface area is 117 Å². The summed E-state index contributed by atoms with van der Waals surface area (Å²) in [6, 6.07) is 9.98. The van der Waals surface area contributed by atoms with Crippen LogP contribution in [-0.4, -0.2) is 27.0 Å². The van der Waals surface area contributed by atoms with Gasteiger partial charge in [-0.3, -0.25) is 0 Å². The Balaban J connectivity index is 1.93. The number of aromatic nitrogens is 4. The largest absolute Gasteiger partial charge is 0.373 e. The van der Waals surface area contributed by atoms with Crippen molar-refractivity contribution in [1.29, 1.82) is 0 Å². The molecule has 102 valence electrons. The number of aromatic amines is 1. The molecular weight excluding hydrogens is 250 g/mol. The Morgan fingerprint density at radius 2 is 2.00 bits per heavy atom. The molecule has 0 fully saturated rings. The van der Waals surface area contributed by atoms with Crippen molar-refractivity contribution >= 4 is 16.9 Å². The third-order valence-corrected chi connectivity index (χ3v) is 3.21. The van der Waals surface area contributed by atoms with Crippen molar-refractivity contribution in [3.63, 3.8) is 0 Å². The van der Waals surface area contributed by atoms with E-state index in [1.54, 1.807) is 0 Å². The maximum Gasteiger partial charge on any atom is 0.138 e. The van der Waals surface area contributed by atoms with E-state index < -0.39 is 0 Å². The summed E-state index contributed by atoms with van der Waals surface area (Å²) in [4.78, 5) is 16.9. The Bertz CT molecular complexity index is 677. The lowest BCUT2D eigenvalue weighted by Gasteiger charge is -2.05. The normalized spacial score (nSPS) is 10.9. The molecule has 3 rings (SSSR count). The van der Waals surface area contributed by atoms with Gasteiger partial charge in [0, 0.05) is 18.8 Å². The van der Waals surface area contributed by atoms with Gasteiger partial charge in [0.2, 0.25) is 0 Å². The fraction of sp³-hybridized carbons (Fsp3) is 0.267. The second kappa shape index (κ2) is 5.28. The van der Waals surface area contributed by atoms with E-state index in [0.717, 1.165) is 40.6 Å². The number of para-hydroxylation sites is 2. The molecule has 0 aliphatic carbocycles. The van der Waals surface area contributed by atoms with E-state index >= 15 is 0 Å². The summed E-state index contributed by atoms with van der Waals surface area (Å²) in [5, 5.41) is 3.07. The molecule has 0 spiro atoms. The lowest BCUT2D eigenvalue weighted by molar-refractivity contribution is 0.879. The Morgan fingerprint density at radius 3 is 2.75 bits per heavy atom. The van der Waals surface area contributed by atoms with Crippen LogP contribution in [0.3, 0.4) is 0 Å². The van der Waals surface area contributed by atoms with Gasteiger partial charge in [-0.2, -0.15) is 0 Å². The van der Waals surface area contributed by atoms with Crippen molar-refractivity contribution in [2.24, 2.45) is 0 Å². The molecule has 0 aliphatic rings. The van der Waals surface area contributed by atoms with Crippen LogP contribution < -0.4 is 5.32 Å². The summed E-state index contributed by atoms with van der Waals surface area (Å²) in [5.74, 6) is 2.53. The van der Waals surface area contributed by atoms with Gasteiger partial charge in [0.1, 0.15) is 17.5 Å². The first kappa shape index (κ1) is 12.6. The predicted octanol–water partition coefficient (Wildman–Crippen LogP) is 2.55.